The van der Waals surface area contributed by atoms with Crippen molar-refractivity contribution in [3.8, 4) is 5.75 Å². The third-order valence-corrected chi connectivity index (χ3v) is 5.91. The second-order valence-corrected chi connectivity index (χ2v) is 8.02. The summed E-state index contributed by atoms with van der Waals surface area (Å²) in [7, 11) is 1.63. The molecule has 1 saturated carbocycles. The summed E-state index contributed by atoms with van der Waals surface area (Å²) < 4.78 is 70.6. The van der Waals surface area contributed by atoms with Gasteiger partial charge in [0, 0.05) is 18.7 Å². The van der Waals surface area contributed by atoms with Crippen molar-refractivity contribution >= 4 is 16.9 Å². The Morgan fingerprint density at radius 3 is 2.78 bits per heavy atom. The number of nitrogens with one attached hydrogen (secondary N) is 2. The quantitative estimate of drug-likeness (QED) is 0.545. The topological polar surface area (TPSA) is 81.3 Å². The van der Waals surface area contributed by atoms with E-state index in [1.54, 1.807) is 13.2 Å². The zero-order valence-electron chi connectivity index (χ0n) is 17.0. The predicted molar refractivity (Wildman–Crippen MR) is 106 cm³/mol. The van der Waals surface area contributed by atoms with Gasteiger partial charge in [0.2, 0.25) is 0 Å². The maximum atomic E-state index is 13.7. The fourth-order valence-electron chi connectivity index (χ4n) is 3.83. The van der Waals surface area contributed by atoms with E-state index in [-0.39, 0.29) is 29.1 Å². The molecule has 0 spiro atoms. The average molecular weight is 452 g/mol. The molecule has 2 atom stereocenters. The van der Waals surface area contributed by atoms with E-state index in [0.29, 0.717) is 17.9 Å². The number of hydrogen-bond donors (Lipinski definition) is 2. The van der Waals surface area contributed by atoms with Crippen molar-refractivity contribution in [2.24, 2.45) is 0 Å². The van der Waals surface area contributed by atoms with E-state index >= 15 is 0 Å². The number of aromatic nitrogens is 3. The first-order chi connectivity index (χ1) is 15.3. The number of H-pyrrole nitrogens is 1. The molecular weight excluding hydrogens is 432 g/mol. The number of ether oxygens (including phenoxy) is 3. The maximum Gasteiger partial charge on any atom is 0.431 e. The predicted octanol–water partition coefficient (Wildman–Crippen LogP) is 4.23. The van der Waals surface area contributed by atoms with Gasteiger partial charge < -0.3 is 24.5 Å². The Labute approximate surface area is 180 Å². The Morgan fingerprint density at radius 1 is 1.25 bits per heavy atom. The van der Waals surface area contributed by atoms with Crippen LogP contribution in [0.4, 0.5) is 23.4 Å². The molecule has 0 amide bonds. The van der Waals surface area contributed by atoms with Gasteiger partial charge in [-0.25, -0.2) is 14.4 Å². The number of halogens is 4. The fraction of sp³-hybridized carbons (Fsp3) is 0.429. The van der Waals surface area contributed by atoms with Crippen LogP contribution in [-0.4, -0.2) is 47.0 Å². The maximum absolute atomic E-state index is 13.7. The number of anilines is 1. The molecule has 3 heterocycles. The molecule has 170 valence electrons. The van der Waals surface area contributed by atoms with Crippen molar-refractivity contribution in [1.82, 2.24) is 15.0 Å². The molecule has 5 rings (SSSR count). The average Bonchev–Trinajstić information content (AvgIpc) is 3.39. The van der Waals surface area contributed by atoms with Crippen molar-refractivity contribution in [2.45, 2.75) is 36.8 Å². The van der Waals surface area contributed by atoms with Crippen LogP contribution in [0.25, 0.3) is 11.0 Å². The highest BCUT2D eigenvalue weighted by molar-refractivity contribution is 5.88. The number of rotatable bonds is 6. The lowest BCUT2D eigenvalue weighted by molar-refractivity contribution is -0.140. The van der Waals surface area contributed by atoms with E-state index in [1.807, 2.05) is 0 Å². The highest BCUT2D eigenvalue weighted by Crippen LogP contribution is 2.42. The van der Waals surface area contributed by atoms with Gasteiger partial charge in [-0.3, -0.25) is 0 Å². The lowest BCUT2D eigenvalue weighted by Crippen LogP contribution is -2.39. The lowest BCUT2D eigenvalue weighted by atomic mass is 9.97. The molecule has 11 heteroatoms. The third kappa shape index (κ3) is 3.86. The largest absolute Gasteiger partial charge is 0.490 e. The Hall–Kier alpha value is -2.92. The van der Waals surface area contributed by atoms with E-state index in [2.05, 4.69) is 20.3 Å². The smallest absolute Gasteiger partial charge is 0.431 e. The first-order valence-corrected chi connectivity index (χ1v) is 10.0. The van der Waals surface area contributed by atoms with Crippen LogP contribution in [-0.2, 0) is 15.7 Å². The summed E-state index contributed by atoms with van der Waals surface area (Å²) in [6, 6.07) is 4.55. The zero-order chi connectivity index (χ0) is 22.5. The summed E-state index contributed by atoms with van der Waals surface area (Å²) in [4.78, 5) is 10.3. The standard InChI is InChI=1S/C21H20F4N4O3/c1-30-20(4-5-20)9-32-15-8-31-14-6-11(22)2-3-12(14)17(15)29-19-13-7-16(21(23,24)25)28-18(13)26-10-27-19/h2-3,6-7,10,15,17H,4-5,8-9H2,1H3,(H2,26,27,28,29). The molecule has 3 aromatic rings. The fourth-order valence-corrected chi connectivity index (χ4v) is 3.83. The molecule has 2 N–H and O–H groups in total. The summed E-state index contributed by atoms with van der Waals surface area (Å²) in [5, 5.41) is 3.37. The third-order valence-electron chi connectivity index (χ3n) is 5.91. The highest BCUT2D eigenvalue weighted by atomic mass is 19.4. The number of benzene rings is 1. The normalized spacial score (nSPS) is 21.8. The van der Waals surface area contributed by atoms with E-state index in [4.69, 9.17) is 14.2 Å². The molecule has 1 aromatic carbocycles. The molecule has 0 saturated heterocycles. The van der Waals surface area contributed by atoms with Crippen LogP contribution in [0.1, 0.15) is 30.1 Å². The van der Waals surface area contributed by atoms with Crippen molar-refractivity contribution < 1.29 is 31.8 Å². The molecular formula is C21H20F4N4O3. The number of alkyl halides is 3. The summed E-state index contributed by atoms with van der Waals surface area (Å²) >= 11 is 0. The van der Waals surface area contributed by atoms with Crippen molar-refractivity contribution in [1.29, 1.82) is 0 Å². The minimum absolute atomic E-state index is 0.0509. The van der Waals surface area contributed by atoms with Crippen molar-refractivity contribution in [3.05, 3.63) is 47.7 Å². The SMILES string of the molecule is COC1(COC2COc3cc(F)ccc3C2Nc2ncnc3[nH]c(C(F)(F)F)cc23)CC1. The summed E-state index contributed by atoms with van der Waals surface area (Å²) in [5.41, 5.74) is -0.578. The molecule has 2 unspecified atom stereocenters. The van der Waals surface area contributed by atoms with Crippen LogP contribution in [0.3, 0.4) is 0 Å². The highest BCUT2D eigenvalue weighted by Gasteiger charge is 2.45. The van der Waals surface area contributed by atoms with Crippen LogP contribution >= 0.6 is 0 Å². The minimum atomic E-state index is -4.55. The van der Waals surface area contributed by atoms with Crippen molar-refractivity contribution in [3.63, 3.8) is 0 Å². The number of hydrogen-bond acceptors (Lipinski definition) is 6. The molecule has 1 aliphatic heterocycles. The number of aromatic amines is 1. The van der Waals surface area contributed by atoms with Crippen LogP contribution in [0.2, 0.25) is 0 Å². The second kappa shape index (κ2) is 7.59. The molecule has 32 heavy (non-hydrogen) atoms. The Morgan fingerprint density at radius 2 is 2.06 bits per heavy atom. The zero-order valence-corrected chi connectivity index (χ0v) is 17.0. The van der Waals surface area contributed by atoms with Gasteiger partial charge in [-0.2, -0.15) is 13.2 Å². The number of nitrogens with zero attached hydrogens (tertiary/aromatic N) is 2. The van der Waals surface area contributed by atoms with Gasteiger partial charge in [-0.1, -0.05) is 6.07 Å². The van der Waals surface area contributed by atoms with Crippen LogP contribution in [0.5, 0.6) is 5.75 Å². The second-order valence-electron chi connectivity index (χ2n) is 8.02. The summed E-state index contributed by atoms with van der Waals surface area (Å²) in [6.45, 7) is 0.469. The Kier molecular flexibility index (Phi) is 4.97. The van der Waals surface area contributed by atoms with Crippen LogP contribution in [0.15, 0.2) is 30.6 Å². The molecule has 1 aliphatic carbocycles. The number of methoxy groups -OCH3 is 1. The van der Waals surface area contributed by atoms with Gasteiger partial charge in [-0.05, 0) is 25.0 Å². The first-order valence-electron chi connectivity index (χ1n) is 10.0. The van der Waals surface area contributed by atoms with Gasteiger partial charge in [0.1, 0.15) is 47.8 Å². The van der Waals surface area contributed by atoms with Gasteiger partial charge in [-0.15, -0.1) is 0 Å². The van der Waals surface area contributed by atoms with Gasteiger partial charge >= 0.3 is 6.18 Å². The summed E-state index contributed by atoms with van der Waals surface area (Å²) in [6.07, 6.45) is -2.12. The molecule has 2 aliphatic rings. The monoisotopic (exact) mass is 452 g/mol. The molecule has 0 bridgehead atoms. The van der Waals surface area contributed by atoms with E-state index in [9.17, 15) is 17.6 Å². The summed E-state index contributed by atoms with van der Waals surface area (Å²) in [5.74, 6) is 0.0824. The van der Waals surface area contributed by atoms with Gasteiger partial charge in [0.05, 0.1) is 23.6 Å². The molecule has 1 fully saturated rings. The molecule has 0 radical (unpaired) electrons. The Balaban J connectivity index is 1.49. The van der Waals surface area contributed by atoms with Crippen molar-refractivity contribution in [2.75, 3.05) is 25.6 Å². The molecule has 2 aromatic heterocycles. The lowest BCUT2D eigenvalue weighted by Gasteiger charge is -2.35. The first kappa shape index (κ1) is 21.0. The number of fused-ring (bicyclic) bond motifs is 2. The van der Waals surface area contributed by atoms with E-state index < -0.39 is 29.8 Å². The van der Waals surface area contributed by atoms with E-state index in [1.165, 1.54) is 18.5 Å². The van der Waals surface area contributed by atoms with Crippen LogP contribution < -0.4 is 10.1 Å². The van der Waals surface area contributed by atoms with E-state index in [0.717, 1.165) is 18.9 Å². The Bertz CT molecular complexity index is 1150. The van der Waals surface area contributed by atoms with Crippen LogP contribution in [0, 0.1) is 5.82 Å². The minimum Gasteiger partial charge on any atom is -0.490 e. The molecule has 7 nitrogen and oxygen atoms in total. The van der Waals surface area contributed by atoms with Gasteiger partial charge in [0.25, 0.3) is 0 Å². The van der Waals surface area contributed by atoms with Gasteiger partial charge in [0.15, 0.2) is 0 Å².